The van der Waals surface area contributed by atoms with Gasteiger partial charge in [0.05, 0.1) is 0 Å². The van der Waals surface area contributed by atoms with Crippen molar-refractivity contribution in [3.63, 3.8) is 0 Å². The van der Waals surface area contributed by atoms with Crippen LogP contribution in [0.1, 0.15) is 70.9 Å². The first-order valence-corrected chi connectivity index (χ1v) is 8.82. The highest BCUT2D eigenvalue weighted by Gasteiger charge is 2.05. The standard InChI is InChI=1S/C20H35N/c1-6-18(5)20-11-9-19(10-12-20)8-7-17(4)13-14-21-15-16(2)3/h9-12,16-18,21H,6-8,13-15H2,1-5H3. The molecular weight excluding hydrogens is 254 g/mol. The fourth-order valence-corrected chi connectivity index (χ4v) is 2.55. The maximum atomic E-state index is 3.54. The first kappa shape index (κ1) is 18.2. The summed E-state index contributed by atoms with van der Waals surface area (Å²) in [5, 5.41) is 3.54. The van der Waals surface area contributed by atoms with Crippen LogP contribution in [0.15, 0.2) is 24.3 Å². The number of hydrogen-bond acceptors (Lipinski definition) is 1. The Morgan fingerprint density at radius 2 is 1.62 bits per heavy atom. The second kappa shape index (κ2) is 10.00. The minimum atomic E-state index is 0.685. The van der Waals surface area contributed by atoms with Crippen molar-refractivity contribution in [2.75, 3.05) is 13.1 Å². The van der Waals surface area contributed by atoms with E-state index < -0.39 is 0 Å². The van der Waals surface area contributed by atoms with Gasteiger partial charge in [0.2, 0.25) is 0 Å². The second-order valence-corrected chi connectivity index (χ2v) is 7.08. The van der Waals surface area contributed by atoms with Crippen molar-refractivity contribution < 1.29 is 0 Å². The molecule has 0 aliphatic rings. The molecule has 0 saturated carbocycles. The van der Waals surface area contributed by atoms with Crippen molar-refractivity contribution >= 4 is 0 Å². The molecule has 0 aliphatic heterocycles. The van der Waals surface area contributed by atoms with Crippen LogP contribution >= 0.6 is 0 Å². The Bertz CT molecular complexity index is 366. The molecule has 0 fully saturated rings. The van der Waals surface area contributed by atoms with Gasteiger partial charge in [-0.15, -0.1) is 0 Å². The van der Waals surface area contributed by atoms with Gasteiger partial charge in [0.15, 0.2) is 0 Å². The van der Waals surface area contributed by atoms with Crippen LogP contribution < -0.4 is 5.32 Å². The smallest absolute Gasteiger partial charge is 0.00258 e. The predicted molar refractivity (Wildman–Crippen MR) is 95.0 cm³/mol. The summed E-state index contributed by atoms with van der Waals surface area (Å²) in [6, 6.07) is 9.28. The summed E-state index contributed by atoms with van der Waals surface area (Å²) in [5.74, 6) is 2.24. The molecule has 0 bridgehead atoms. The highest BCUT2D eigenvalue weighted by molar-refractivity contribution is 5.25. The van der Waals surface area contributed by atoms with E-state index in [4.69, 9.17) is 0 Å². The maximum Gasteiger partial charge on any atom is -0.00258 e. The van der Waals surface area contributed by atoms with Crippen molar-refractivity contribution in [2.24, 2.45) is 11.8 Å². The predicted octanol–water partition coefficient (Wildman–Crippen LogP) is 5.40. The first-order valence-electron chi connectivity index (χ1n) is 8.82. The molecule has 21 heavy (non-hydrogen) atoms. The van der Waals surface area contributed by atoms with E-state index in [0.717, 1.165) is 24.9 Å². The molecule has 2 atom stereocenters. The van der Waals surface area contributed by atoms with Crippen LogP contribution in [0.25, 0.3) is 0 Å². The lowest BCUT2D eigenvalue weighted by Gasteiger charge is -2.14. The quantitative estimate of drug-likeness (QED) is 0.568. The number of benzene rings is 1. The zero-order chi connectivity index (χ0) is 15.7. The molecule has 1 rings (SSSR count). The first-order chi connectivity index (χ1) is 10.0. The summed E-state index contributed by atoms with van der Waals surface area (Å²) in [6.07, 6.45) is 5.02. The molecule has 1 aromatic carbocycles. The van der Waals surface area contributed by atoms with Crippen LogP contribution in [0.2, 0.25) is 0 Å². The largest absolute Gasteiger partial charge is 0.316 e. The van der Waals surface area contributed by atoms with E-state index in [1.807, 2.05) is 0 Å². The highest BCUT2D eigenvalue weighted by Crippen LogP contribution is 2.20. The average Bonchev–Trinajstić information content (AvgIpc) is 2.49. The van der Waals surface area contributed by atoms with E-state index in [0.29, 0.717) is 5.92 Å². The van der Waals surface area contributed by atoms with Crippen molar-refractivity contribution in [1.29, 1.82) is 0 Å². The van der Waals surface area contributed by atoms with Crippen LogP contribution in [-0.2, 0) is 6.42 Å². The summed E-state index contributed by atoms with van der Waals surface area (Å²) in [6.45, 7) is 13.8. The van der Waals surface area contributed by atoms with E-state index in [9.17, 15) is 0 Å². The van der Waals surface area contributed by atoms with Gasteiger partial charge in [-0.25, -0.2) is 0 Å². The van der Waals surface area contributed by atoms with Crippen molar-refractivity contribution in [3.8, 4) is 0 Å². The fraction of sp³-hybridized carbons (Fsp3) is 0.700. The molecule has 1 N–H and O–H groups in total. The van der Waals surface area contributed by atoms with Gasteiger partial charge < -0.3 is 5.32 Å². The Balaban J connectivity index is 2.24. The third-order valence-corrected chi connectivity index (χ3v) is 4.45. The van der Waals surface area contributed by atoms with Crippen LogP contribution in [0.3, 0.4) is 0 Å². The second-order valence-electron chi connectivity index (χ2n) is 7.08. The van der Waals surface area contributed by atoms with Gasteiger partial charge in [0, 0.05) is 0 Å². The number of aryl methyl sites for hydroxylation is 1. The molecule has 0 amide bonds. The molecule has 0 radical (unpaired) electrons. The van der Waals surface area contributed by atoms with E-state index in [1.165, 1.54) is 36.8 Å². The fourth-order valence-electron chi connectivity index (χ4n) is 2.55. The van der Waals surface area contributed by atoms with Gasteiger partial charge in [-0.05, 0) is 67.7 Å². The lowest BCUT2D eigenvalue weighted by atomic mass is 9.94. The van der Waals surface area contributed by atoms with Crippen molar-refractivity contribution in [3.05, 3.63) is 35.4 Å². The Morgan fingerprint density at radius 1 is 0.952 bits per heavy atom. The van der Waals surface area contributed by atoms with Gasteiger partial charge >= 0.3 is 0 Å². The van der Waals surface area contributed by atoms with E-state index in [1.54, 1.807) is 0 Å². The summed E-state index contributed by atoms with van der Waals surface area (Å²) < 4.78 is 0. The topological polar surface area (TPSA) is 12.0 Å². The van der Waals surface area contributed by atoms with E-state index in [2.05, 4.69) is 64.2 Å². The van der Waals surface area contributed by atoms with Gasteiger partial charge in [0.25, 0.3) is 0 Å². The van der Waals surface area contributed by atoms with Gasteiger partial charge in [-0.2, -0.15) is 0 Å². The summed E-state index contributed by atoms with van der Waals surface area (Å²) in [4.78, 5) is 0. The van der Waals surface area contributed by atoms with Crippen LogP contribution in [0.4, 0.5) is 0 Å². The van der Waals surface area contributed by atoms with Crippen LogP contribution in [-0.4, -0.2) is 13.1 Å². The highest BCUT2D eigenvalue weighted by atomic mass is 14.8. The molecule has 0 aromatic heterocycles. The molecule has 0 aliphatic carbocycles. The Hall–Kier alpha value is -0.820. The lowest BCUT2D eigenvalue weighted by molar-refractivity contribution is 0.454. The molecular formula is C20H35N. The molecule has 1 aromatic rings. The molecule has 0 saturated heterocycles. The zero-order valence-electron chi connectivity index (χ0n) is 14.8. The van der Waals surface area contributed by atoms with Crippen molar-refractivity contribution in [1.82, 2.24) is 5.32 Å². The third-order valence-electron chi connectivity index (χ3n) is 4.45. The minimum absolute atomic E-state index is 0.685. The van der Waals surface area contributed by atoms with E-state index in [-0.39, 0.29) is 0 Å². The number of nitrogens with one attached hydrogen (secondary N) is 1. The van der Waals surface area contributed by atoms with Crippen LogP contribution in [0.5, 0.6) is 0 Å². The summed E-state index contributed by atoms with van der Waals surface area (Å²) in [5.41, 5.74) is 2.97. The van der Waals surface area contributed by atoms with Crippen molar-refractivity contribution in [2.45, 2.75) is 66.2 Å². The van der Waals surface area contributed by atoms with Gasteiger partial charge in [0.1, 0.15) is 0 Å². The molecule has 0 spiro atoms. The molecule has 0 heterocycles. The molecule has 1 nitrogen and oxygen atoms in total. The maximum absolute atomic E-state index is 3.54. The van der Waals surface area contributed by atoms with Gasteiger partial charge in [-0.1, -0.05) is 58.9 Å². The monoisotopic (exact) mass is 289 g/mol. The minimum Gasteiger partial charge on any atom is -0.316 e. The summed E-state index contributed by atoms with van der Waals surface area (Å²) >= 11 is 0. The zero-order valence-corrected chi connectivity index (χ0v) is 14.8. The normalized spacial score (nSPS) is 14.4. The lowest BCUT2D eigenvalue weighted by Crippen LogP contribution is -2.22. The summed E-state index contributed by atoms with van der Waals surface area (Å²) in [7, 11) is 0. The third kappa shape index (κ3) is 7.66. The average molecular weight is 290 g/mol. The number of hydrogen-bond donors (Lipinski definition) is 1. The molecule has 2 unspecified atom stereocenters. The Labute approximate surface area is 132 Å². The van der Waals surface area contributed by atoms with Gasteiger partial charge in [-0.3, -0.25) is 0 Å². The van der Waals surface area contributed by atoms with Crippen LogP contribution in [0, 0.1) is 11.8 Å². The SMILES string of the molecule is CCC(C)c1ccc(CCC(C)CCNCC(C)C)cc1. The van der Waals surface area contributed by atoms with E-state index >= 15 is 0 Å². The molecule has 1 heteroatoms. The molecule has 120 valence electrons. The Morgan fingerprint density at radius 3 is 2.19 bits per heavy atom. The Kier molecular flexibility index (Phi) is 8.68. The number of rotatable bonds is 10.